The third-order valence-electron chi connectivity index (χ3n) is 20.6. The maximum atomic E-state index is 11.2. The highest BCUT2D eigenvalue weighted by molar-refractivity contribution is 6.25. The number of hydrogen-bond acceptors (Lipinski definition) is 6. The van der Waals surface area contributed by atoms with Crippen LogP contribution < -0.4 is 11.1 Å². The topological polar surface area (TPSA) is 108 Å². The minimum atomic E-state index is 0.671. The zero-order valence-corrected chi connectivity index (χ0v) is 58.7. The van der Waals surface area contributed by atoms with Crippen molar-refractivity contribution in [3.05, 3.63) is 393 Å². The molecule has 2 aromatic heterocycles. The normalized spacial score (nSPS) is 11.3. The largest absolute Gasteiger partial charge is 0.397 e. The minimum absolute atomic E-state index is 0.671. The lowest BCUT2D eigenvalue weighted by Gasteiger charge is -2.16. The van der Waals surface area contributed by atoms with E-state index in [1.165, 1.54) is 86.9 Å². The van der Waals surface area contributed by atoms with Crippen molar-refractivity contribution in [3.8, 4) is 78.7 Å². The van der Waals surface area contributed by atoms with Crippen molar-refractivity contribution in [2.24, 2.45) is 0 Å². The predicted molar refractivity (Wildman–Crippen MR) is 451 cm³/mol. The number of nitrogen functional groups attached to an aromatic ring is 1. The molecule has 0 unspecified atom stereocenters. The number of para-hydroxylation sites is 9. The molecule has 20 aromatic rings. The lowest BCUT2D eigenvalue weighted by molar-refractivity contribution is 0.111. The molecule has 8 heteroatoms. The van der Waals surface area contributed by atoms with E-state index in [0.717, 1.165) is 108 Å². The SMILES string of the molecule is Nc1ccccc1Nc1ccccc1.O=Cc1ccc(-c2cc3c4ccccc4c(-c4ccc(C=O)cc4)cc3c3ccccc23)cc1.c1ccc(-n2c(-c3ccc(-c4cc5c6ccccc6c(-c6ccc(-c7nc8ccccc8n7-c7ccccc7)cc6)cc5c5ccccc45)cc3)nc3ccccc32)cc1. The summed E-state index contributed by atoms with van der Waals surface area (Å²) < 4.78 is 4.52. The number of benzene rings is 18. The third-order valence-corrected chi connectivity index (χ3v) is 20.6. The highest BCUT2D eigenvalue weighted by Crippen LogP contribution is 2.45. The van der Waals surface area contributed by atoms with Gasteiger partial charge in [0.15, 0.2) is 0 Å². The molecular weight excluding hydrogens is 1320 g/mol. The molecule has 0 aliphatic heterocycles. The van der Waals surface area contributed by atoms with Crippen molar-refractivity contribution in [2.45, 2.75) is 0 Å². The van der Waals surface area contributed by atoms with Crippen molar-refractivity contribution in [1.29, 1.82) is 0 Å². The van der Waals surface area contributed by atoms with Gasteiger partial charge in [0.05, 0.1) is 33.4 Å². The van der Waals surface area contributed by atoms with Crippen LogP contribution in [0.15, 0.2) is 382 Å². The van der Waals surface area contributed by atoms with E-state index in [1.54, 1.807) is 0 Å². The van der Waals surface area contributed by atoms with Gasteiger partial charge in [-0.05, 0) is 206 Å². The minimum Gasteiger partial charge on any atom is -0.397 e. The number of nitrogens with two attached hydrogens (primary N) is 1. The monoisotopic (exact) mass is 1380 g/mol. The van der Waals surface area contributed by atoms with Crippen LogP contribution in [0.5, 0.6) is 0 Å². The molecule has 0 aliphatic carbocycles. The number of imidazole rings is 2. The van der Waals surface area contributed by atoms with Crippen LogP contribution in [0.4, 0.5) is 17.1 Å². The van der Waals surface area contributed by atoms with Gasteiger partial charge >= 0.3 is 0 Å². The van der Waals surface area contributed by atoms with Gasteiger partial charge < -0.3 is 11.1 Å². The van der Waals surface area contributed by atoms with Gasteiger partial charge in [-0.2, -0.15) is 0 Å². The Hall–Kier alpha value is -14.6. The second kappa shape index (κ2) is 28.6. The van der Waals surface area contributed by atoms with Crippen LogP contribution in [0.25, 0.3) is 165 Å². The molecule has 18 aromatic carbocycles. The van der Waals surface area contributed by atoms with Crippen LogP contribution in [0.3, 0.4) is 0 Å². The van der Waals surface area contributed by atoms with Crippen LogP contribution in [0.2, 0.25) is 0 Å². The van der Waals surface area contributed by atoms with Gasteiger partial charge in [0.25, 0.3) is 0 Å². The molecule has 0 radical (unpaired) electrons. The molecule has 2 heterocycles. The van der Waals surface area contributed by atoms with Gasteiger partial charge in [-0.25, -0.2) is 9.97 Å². The molecule has 108 heavy (non-hydrogen) atoms. The van der Waals surface area contributed by atoms with Gasteiger partial charge in [0.1, 0.15) is 24.2 Å². The number of anilines is 3. The number of hydrogen-bond donors (Lipinski definition) is 2. The van der Waals surface area contributed by atoms with E-state index < -0.39 is 0 Å². The second-order valence-electron chi connectivity index (χ2n) is 27.0. The highest BCUT2D eigenvalue weighted by Gasteiger charge is 2.21. The van der Waals surface area contributed by atoms with Crippen LogP contribution in [0, 0.1) is 0 Å². The zero-order valence-electron chi connectivity index (χ0n) is 58.7. The molecule has 8 nitrogen and oxygen atoms in total. The Balaban J connectivity index is 0.000000142. The van der Waals surface area contributed by atoms with E-state index in [-0.39, 0.29) is 0 Å². The first kappa shape index (κ1) is 65.4. The van der Waals surface area contributed by atoms with Crippen molar-refractivity contribution in [1.82, 2.24) is 19.1 Å². The summed E-state index contributed by atoms with van der Waals surface area (Å²) in [7, 11) is 0. The molecule has 0 saturated heterocycles. The summed E-state index contributed by atoms with van der Waals surface area (Å²) in [4.78, 5) is 32.6. The Morgan fingerprint density at radius 2 is 0.537 bits per heavy atom. The van der Waals surface area contributed by atoms with Crippen molar-refractivity contribution in [2.75, 3.05) is 11.1 Å². The van der Waals surface area contributed by atoms with E-state index >= 15 is 0 Å². The van der Waals surface area contributed by atoms with Gasteiger partial charge in [-0.3, -0.25) is 18.7 Å². The number of fused-ring (bicyclic) bond motifs is 12. The third kappa shape index (κ3) is 12.3. The molecule has 0 amide bonds. The number of rotatable bonds is 12. The number of nitrogens with zero attached hydrogens (tertiary/aromatic N) is 4. The maximum Gasteiger partial charge on any atom is 0.150 e. The summed E-state index contributed by atoms with van der Waals surface area (Å²) >= 11 is 0. The Labute approximate surface area is 624 Å². The lowest BCUT2D eigenvalue weighted by atomic mass is 9.87. The molecular formula is C100H68N6O2. The lowest BCUT2D eigenvalue weighted by Crippen LogP contribution is -1.97. The zero-order chi connectivity index (χ0) is 72.4. The molecule has 0 aliphatic rings. The number of carbonyl (C=O) groups is 2. The van der Waals surface area contributed by atoms with Crippen LogP contribution >= 0.6 is 0 Å². The summed E-state index contributed by atoms with van der Waals surface area (Å²) in [6.07, 6.45) is 1.75. The maximum absolute atomic E-state index is 11.2. The summed E-state index contributed by atoms with van der Waals surface area (Å²) in [5.74, 6) is 1.86. The Morgan fingerprint density at radius 1 is 0.259 bits per heavy atom. The fraction of sp³-hybridized carbons (Fsp3) is 0. The number of nitrogens with one attached hydrogen (secondary N) is 1. The standard InChI is InChI=1S/C56H36N4.C32H20O2.C12H12N2/c1-3-15-41(16-4-1)59-53-25-13-11-23-51(53)57-55(59)39-31-27-37(28-32-39)47-35-49-46-22-10-8-20-44(46)48(36-50(49)45-21-9-7-19-43(45)47)38-29-33-40(34-30-38)56-58-52-24-12-14-26-54(52)60(56)42-17-5-2-6-18-42;33-19-21-9-13-23(14-10-21)29-17-32-28-8-4-2-6-26(28)30(24-15-11-22(20-34)12-16-24)18-31(32)27-7-3-1-5-25(27)29;13-11-8-4-5-9-12(11)14-10-6-2-1-3-7-10/h1-36H;1-20H;1-9,14H,13H2. The van der Waals surface area contributed by atoms with Gasteiger partial charge in [-0.1, -0.05) is 285 Å². The first-order chi connectivity index (χ1) is 53.4. The summed E-state index contributed by atoms with van der Waals surface area (Å²) in [5, 5.41) is 17.8. The molecule has 0 bridgehead atoms. The Kier molecular flexibility index (Phi) is 17.3. The highest BCUT2D eigenvalue weighted by atomic mass is 16.1. The fourth-order valence-corrected chi connectivity index (χ4v) is 15.3. The van der Waals surface area contributed by atoms with E-state index in [0.29, 0.717) is 11.1 Å². The molecule has 0 fully saturated rings. The Morgan fingerprint density at radius 3 is 0.880 bits per heavy atom. The quantitative estimate of drug-likeness (QED) is 0.0717. The van der Waals surface area contributed by atoms with E-state index in [1.807, 2.05) is 103 Å². The van der Waals surface area contributed by atoms with Crippen LogP contribution in [0.1, 0.15) is 20.7 Å². The smallest absolute Gasteiger partial charge is 0.150 e. The average Bonchev–Trinajstić information content (AvgIpc) is 1.03. The molecule has 0 saturated carbocycles. The van der Waals surface area contributed by atoms with Crippen molar-refractivity contribution >= 4 is 116 Å². The number of aldehydes is 2. The van der Waals surface area contributed by atoms with Crippen molar-refractivity contribution in [3.63, 3.8) is 0 Å². The molecule has 3 N–H and O–H groups in total. The van der Waals surface area contributed by atoms with E-state index in [4.69, 9.17) is 15.7 Å². The first-order valence-corrected chi connectivity index (χ1v) is 36.2. The second-order valence-corrected chi connectivity index (χ2v) is 27.0. The number of carbonyl (C=O) groups excluding carboxylic acids is 2. The summed E-state index contributed by atoms with van der Waals surface area (Å²) in [6.45, 7) is 0. The molecule has 510 valence electrons. The van der Waals surface area contributed by atoms with Crippen LogP contribution in [-0.2, 0) is 0 Å². The summed E-state index contributed by atoms with van der Waals surface area (Å²) in [5.41, 5.74) is 27.6. The van der Waals surface area contributed by atoms with Crippen LogP contribution in [-0.4, -0.2) is 31.7 Å². The average molecular weight is 1390 g/mol. The van der Waals surface area contributed by atoms with E-state index in [2.05, 4.69) is 294 Å². The van der Waals surface area contributed by atoms with E-state index in [9.17, 15) is 9.59 Å². The van der Waals surface area contributed by atoms with Gasteiger partial charge in [-0.15, -0.1) is 0 Å². The first-order valence-electron chi connectivity index (χ1n) is 36.2. The van der Waals surface area contributed by atoms with Gasteiger partial charge in [0.2, 0.25) is 0 Å². The molecule has 20 rings (SSSR count). The fourth-order valence-electron chi connectivity index (χ4n) is 15.3. The number of aromatic nitrogens is 4. The van der Waals surface area contributed by atoms with Gasteiger partial charge in [0, 0.05) is 39.3 Å². The van der Waals surface area contributed by atoms with Crippen molar-refractivity contribution < 1.29 is 9.59 Å². The molecule has 0 atom stereocenters. The molecule has 0 spiro atoms. The summed E-state index contributed by atoms with van der Waals surface area (Å²) in [6, 6.07) is 133. The predicted octanol–water partition coefficient (Wildman–Crippen LogP) is 25.6. The Bertz CT molecular complexity index is 6400.